The minimum Gasteiger partial charge on any atom is -0.459 e. The molecule has 1 N–H and O–H groups in total. The zero-order chi connectivity index (χ0) is 19.2. The normalized spacial score (nSPS) is 37.2. The summed E-state index contributed by atoms with van der Waals surface area (Å²) >= 11 is 0. The van der Waals surface area contributed by atoms with E-state index in [1.165, 1.54) is 12.8 Å². The van der Waals surface area contributed by atoms with Crippen molar-refractivity contribution in [2.45, 2.75) is 58.5 Å². The Labute approximate surface area is 161 Å². The van der Waals surface area contributed by atoms with Crippen LogP contribution in [0.1, 0.15) is 50.4 Å². The maximum absolute atomic E-state index is 12.1. The molecule has 1 heterocycles. The maximum atomic E-state index is 12.1. The van der Waals surface area contributed by atoms with Gasteiger partial charge >= 0.3 is 5.97 Å². The molecule has 4 rings (SSSR count). The van der Waals surface area contributed by atoms with Crippen LogP contribution in [0.3, 0.4) is 0 Å². The third-order valence-corrected chi connectivity index (χ3v) is 7.63. The lowest BCUT2D eigenvalue weighted by Gasteiger charge is -2.38. The van der Waals surface area contributed by atoms with Crippen molar-refractivity contribution in [3.05, 3.63) is 35.9 Å². The van der Waals surface area contributed by atoms with E-state index < -0.39 is 12.1 Å². The van der Waals surface area contributed by atoms with Crippen LogP contribution in [0.25, 0.3) is 0 Å². The Morgan fingerprint density at radius 2 is 2.04 bits per heavy atom. The number of esters is 1. The van der Waals surface area contributed by atoms with Gasteiger partial charge in [0, 0.05) is 6.42 Å². The Morgan fingerprint density at radius 3 is 2.70 bits per heavy atom. The average Bonchev–Trinajstić information content (AvgIpc) is 3.23. The number of carbonyl (C=O) groups is 1. The Morgan fingerprint density at radius 1 is 1.30 bits per heavy atom. The lowest BCUT2D eigenvalue weighted by Crippen LogP contribution is -2.38. The first kappa shape index (κ1) is 18.9. The van der Waals surface area contributed by atoms with Crippen LogP contribution >= 0.6 is 0 Å². The molecule has 1 aromatic carbocycles. The maximum Gasteiger partial charge on any atom is 0.338 e. The number of aliphatic hydroxyl groups is 1. The number of hydrogen-bond donors (Lipinski definition) is 1. The highest BCUT2D eigenvalue weighted by atomic mass is 16.7. The Kier molecular flexibility index (Phi) is 4.81. The third-order valence-electron chi connectivity index (χ3n) is 7.63. The van der Waals surface area contributed by atoms with Gasteiger partial charge in [0.1, 0.15) is 12.7 Å². The van der Waals surface area contributed by atoms with Gasteiger partial charge in [0.2, 0.25) is 0 Å². The summed E-state index contributed by atoms with van der Waals surface area (Å²) in [4.78, 5) is 12.1. The molecule has 148 valence electrons. The fourth-order valence-corrected chi connectivity index (χ4v) is 5.75. The largest absolute Gasteiger partial charge is 0.459 e. The monoisotopic (exact) mass is 374 g/mol. The molecule has 0 unspecified atom stereocenters. The molecule has 0 aromatic heterocycles. The number of carbonyl (C=O) groups excluding carboxylic acids is 1. The highest BCUT2D eigenvalue weighted by molar-refractivity contribution is 5.89. The highest BCUT2D eigenvalue weighted by Crippen LogP contribution is 2.71. The molecule has 2 aliphatic carbocycles. The summed E-state index contributed by atoms with van der Waals surface area (Å²) in [6.45, 7) is 6.92. The van der Waals surface area contributed by atoms with Crippen LogP contribution in [0.5, 0.6) is 0 Å². The standard InChI is InChI=1S/C22H30O5/c1-21(2)17-9-10-22(21,3)19-16(17)11-18(27-19)26-15(12-23)13-25-20(24)14-7-5-4-6-8-14/h4-8,15-19,23H,9-13H2,1-3H3/t15-,16+,17-,18+,19+,22+/m1/s1. The minimum atomic E-state index is -0.569. The molecule has 0 amide bonds. The Bertz CT molecular complexity index is 687. The van der Waals surface area contributed by atoms with E-state index in [0.29, 0.717) is 22.8 Å². The molecule has 5 nitrogen and oxygen atoms in total. The van der Waals surface area contributed by atoms with Crippen LogP contribution in [0.15, 0.2) is 30.3 Å². The fourth-order valence-electron chi connectivity index (χ4n) is 5.75. The second-order valence-electron chi connectivity index (χ2n) is 9.08. The third kappa shape index (κ3) is 3.00. The van der Waals surface area contributed by atoms with Crippen molar-refractivity contribution in [1.82, 2.24) is 0 Å². The van der Waals surface area contributed by atoms with Crippen LogP contribution in [-0.4, -0.2) is 42.8 Å². The SMILES string of the molecule is CC1(C)[C@@H]2CC[C@@]1(C)[C@H]1O[C@H](O[C@H](CO)COC(=O)c3ccccc3)C[C@@H]21. The van der Waals surface area contributed by atoms with Gasteiger partial charge in [-0.3, -0.25) is 0 Å². The van der Waals surface area contributed by atoms with Gasteiger partial charge in [0.05, 0.1) is 18.3 Å². The van der Waals surface area contributed by atoms with Gasteiger partial charge in [-0.25, -0.2) is 4.79 Å². The summed E-state index contributed by atoms with van der Waals surface area (Å²) in [7, 11) is 0. The van der Waals surface area contributed by atoms with Gasteiger partial charge in [-0.2, -0.15) is 0 Å². The van der Waals surface area contributed by atoms with Crippen molar-refractivity contribution in [3.8, 4) is 0 Å². The molecule has 27 heavy (non-hydrogen) atoms. The van der Waals surface area contributed by atoms with Crippen molar-refractivity contribution in [2.24, 2.45) is 22.7 Å². The summed E-state index contributed by atoms with van der Waals surface area (Å²) in [6.07, 6.45) is 2.65. The van der Waals surface area contributed by atoms with Crippen molar-refractivity contribution in [2.75, 3.05) is 13.2 Å². The molecule has 0 spiro atoms. The molecule has 5 heteroatoms. The van der Waals surface area contributed by atoms with Gasteiger partial charge < -0.3 is 19.3 Å². The summed E-state index contributed by atoms with van der Waals surface area (Å²) in [5, 5.41) is 9.65. The molecule has 6 atom stereocenters. The molecular formula is C22H30O5. The summed E-state index contributed by atoms with van der Waals surface area (Å²) < 4.78 is 17.6. The molecule has 1 saturated heterocycles. The van der Waals surface area contributed by atoms with Gasteiger partial charge in [0.25, 0.3) is 0 Å². The van der Waals surface area contributed by atoms with Crippen LogP contribution < -0.4 is 0 Å². The van der Waals surface area contributed by atoms with Gasteiger partial charge in [0.15, 0.2) is 6.29 Å². The van der Waals surface area contributed by atoms with Crippen molar-refractivity contribution in [3.63, 3.8) is 0 Å². The van der Waals surface area contributed by atoms with E-state index in [2.05, 4.69) is 20.8 Å². The van der Waals surface area contributed by atoms with Crippen LogP contribution in [0.2, 0.25) is 0 Å². The first-order valence-corrected chi connectivity index (χ1v) is 10.0. The van der Waals surface area contributed by atoms with E-state index in [1.807, 2.05) is 6.07 Å². The number of fused-ring (bicyclic) bond motifs is 5. The predicted molar refractivity (Wildman–Crippen MR) is 100 cm³/mol. The summed E-state index contributed by atoms with van der Waals surface area (Å²) in [6, 6.07) is 8.84. The zero-order valence-electron chi connectivity index (χ0n) is 16.4. The smallest absolute Gasteiger partial charge is 0.338 e. The lowest BCUT2D eigenvalue weighted by molar-refractivity contribution is -0.197. The van der Waals surface area contributed by atoms with Crippen molar-refractivity contribution >= 4 is 5.97 Å². The van der Waals surface area contributed by atoms with E-state index >= 15 is 0 Å². The topological polar surface area (TPSA) is 65.0 Å². The molecule has 2 saturated carbocycles. The van der Waals surface area contributed by atoms with Crippen molar-refractivity contribution in [1.29, 1.82) is 0 Å². The van der Waals surface area contributed by atoms with E-state index in [4.69, 9.17) is 14.2 Å². The van der Waals surface area contributed by atoms with E-state index in [0.717, 1.165) is 6.42 Å². The number of ether oxygens (including phenoxy) is 3. The Balaban J connectivity index is 1.33. The molecule has 3 fully saturated rings. The molecule has 0 radical (unpaired) electrons. The molecule has 1 aromatic rings. The number of rotatable bonds is 6. The average molecular weight is 374 g/mol. The minimum absolute atomic E-state index is 0.0195. The van der Waals surface area contributed by atoms with Gasteiger partial charge in [-0.1, -0.05) is 39.0 Å². The van der Waals surface area contributed by atoms with Crippen LogP contribution in [0, 0.1) is 22.7 Å². The molecule has 1 aliphatic heterocycles. The molecule has 3 aliphatic rings. The van der Waals surface area contributed by atoms with Crippen LogP contribution in [0.4, 0.5) is 0 Å². The first-order chi connectivity index (χ1) is 12.9. The van der Waals surface area contributed by atoms with E-state index in [9.17, 15) is 9.90 Å². The summed E-state index contributed by atoms with van der Waals surface area (Å²) in [5.41, 5.74) is 0.983. The van der Waals surface area contributed by atoms with Gasteiger partial charge in [-0.05, 0) is 47.6 Å². The van der Waals surface area contributed by atoms with E-state index in [-0.39, 0.29) is 31.0 Å². The second kappa shape index (κ2) is 6.87. The van der Waals surface area contributed by atoms with E-state index in [1.54, 1.807) is 24.3 Å². The van der Waals surface area contributed by atoms with Crippen molar-refractivity contribution < 1.29 is 24.1 Å². The molecule has 2 bridgehead atoms. The zero-order valence-corrected chi connectivity index (χ0v) is 16.4. The second-order valence-corrected chi connectivity index (χ2v) is 9.08. The van der Waals surface area contributed by atoms with Gasteiger partial charge in [-0.15, -0.1) is 0 Å². The predicted octanol–water partition coefficient (Wildman–Crippen LogP) is 3.41. The lowest BCUT2D eigenvalue weighted by atomic mass is 9.70. The first-order valence-electron chi connectivity index (χ1n) is 10.0. The summed E-state index contributed by atoms with van der Waals surface area (Å²) in [5.74, 6) is 0.786. The quantitative estimate of drug-likeness (QED) is 0.773. The van der Waals surface area contributed by atoms with Crippen LogP contribution in [-0.2, 0) is 14.2 Å². The number of hydrogen-bond acceptors (Lipinski definition) is 5. The highest BCUT2D eigenvalue weighted by Gasteiger charge is 2.69. The number of aliphatic hydroxyl groups excluding tert-OH is 1. The number of benzene rings is 1. The Hall–Kier alpha value is -1.43. The molecular weight excluding hydrogens is 344 g/mol. The fraction of sp³-hybridized carbons (Fsp3) is 0.682.